The normalized spacial score (nSPS) is 12.7. The zero-order chi connectivity index (χ0) is 15.8. The molecule has 1 unspecified atom stereocenters. The van der Waals surface area contributed by atoms with E-state index in [1.54, 1.807) is 7.11 Å². The van der Waals surface area contributed by atoms with E-state index < -0.39 is 0 Å². The highest BCUT2D eigenvalue weighted by Crippen LogP contribution is 2.13. The molecule has 0 saturated heterocycles. The third kappa shape index (κ3) is 4.91. The fourth-order valence-electron chi connectivity index (χ4n) is 2.18. The van der Waals surface area contributed by atoms with Crippen LogP contribution >= 0.6 is 0 Å². The molecule has 0 aliphatic carbocycles. The number of benzene rings is 1. The maximum Gasteiger partial charge on any atom is 0.240 e. The molecule has 0 radical (unpaired) electrons. The van der Waals surface area contributed by atoms with Gasteiger partial charge in [0.1, 0.15) is 6.10 Å². The SMILES string of the molecule is COC(C)c1noc(CN(CCN)CCc2ccccc2)n1. The Morgan fingerprint density at radius 1 is 1.27 bits per heavy atom. The fourth-order valence-corrected chi connectivity index (χ4v) is 2.18. The van der Waals surface area contributed by atoms with Gasteiger partial charge in [-0.25, -0.2) is 0 Å². The predicted octanol–water partition coefficient (Wildman–Crippen LogP) is 1.78. The van der Waals surface area contributed by atoms with Gasteiger partial charge in [0.05, 0.1) is 6.54 Å². The van der Waals surface area contributed by atoms with Crippen LogP contribution in [-0.2, 0) is 17.7 Å². The van der Waals surface area contributed by atoms with Crippen molar-refractivity contribution in [3.05, 3.63) is 47.6 Å². The summed E-state index contributed by atoms with van der Waals surface area (Å²) in [5.41, 5.74) is 7.01. The molecule has 0 spiro atoms. The lowest BCUT2D eigenvalue weighted by molar-refractivity contribution is 0.109. The number of nitrogens with zero attached hydrogens (tertiary/aromatic N) is 3. The molecule has 2 aromatic rings. The highest BCUT2D eigenvalue weighted by molar-refractivity contribution is 5.14. The zero-order valence-corrected chi connectivity index (χ0v) is 13.2. The topological polar surface area (TPSA) is 77.4 Å². The van der Waals surface area contributed by atoms with Crippen molar-refractivity contribution >= 4 is 0 Å². The number of methoxy groups -OCH3 is 1. The van der Waals surface area contributed by atoms with E-state index in [2.05, 4.69) is 39.3 Å². The molecular formula is C16H24N4O2. The second-order valence-corrected chi connectivity index (χ2v) is 5.22. The summed E-state index contributed by atoms with van der Waals surface area (Å²) < 4.78 is 10.5. The lowest BCUT2D eigenvalue weighted by atomic mass is 10.1. The average Bonchev–Trinajstić information content (AvgIpc) is 3.01. The van der Waals surface area contributed by atoms with Crippen LogP contribution in [0.1, 0.15) is 30.3 Å². The largest absolute Gasteiger partial charge is 0.374 e. The van der Waals surface area contributed by atoms with Gasteiger partial charge in [-0.1, -0.05) is 35.5 Å². The first-order chi connectivity index (χ1) is 10.7. The van der Waals surface area contributed by atoms with Gasteiger partial charge in [0.2, 0.25) is 5.89 Å². The number of hydrogen-bond acceptors (Lipinski definition) is 6. The molecule has 0 aliphatic rings. The van der Waals surface area contributed by atoms with E-state index in [9.17, 15) is 0 Å². The van der Waals surface area contributed by atoms with Gasteiger partial charge >= 0.3 is 0 Å². The van der Waals surface area contributed by atoms with Gasteiger partial charge in [0.25, 0.3) is 0 Å². The van der Waals surface area contributed by atoms with E-state index in [1.807, 2.05) is 13.0 Å². The monoisotopic (exact) mass is 304 g/mol. The van der Waals surface area contributed by atoms with Crippen molar-refractivity contribution in [2.45, 2.75) is 26.0 Å². The molecule has 120 valence electrons. The minimum atomic E-state index is -0.162. The van der Waals surface area contributed by atoms with E-state index in [-0.39, 0.29) is 6.10 Å². The van der Waals surface area contributed by atoms with Crippen molar-refractivity contribution in [2.75, 3.05) is 26.7 Å². The summed E-state index contributed by atoms with van der Waals surface area (Å²) in [6.07, 6.45) is 0.806. The Balaban J connectivity index is 1.92. The Bertz CT molecular complexity index is 544. The number of nitrogens with two attached hydrogens (primary N) is 1. The zero-order valence-electron chi connectivity index (χ0n) is 13.2. The average molecular weight is 304 g/mol. The third-order valence-corrected chi connectivity index (χ3v) is 3.56. The van der Waals surface area contributed by atoms with E-state index in [0.29, 0.717) is 24.8 Å². The highest BCUT2D eigenvalue weighted by Gasteiger charge is 2.15. The maximum atomic E-state index is 5.70. The van der Waals surface area contributed by atoms with E-state index >= 15 is 0 Å². The van der Waals surface area contributed by atoms with E-state index in [4.69, 9.17) is 15.0 Å². The molecule has 1 aromatic carbocycles. The van der Waals surface area contributed by atoms with Crippen LogP contribution in [0.2, 0.25) is 0 Å². The molecule has 0 fully saturated rings. The molecule has 6 nitrogen and oxygen atoms in total. The summed E-state index contributed by atoms with van der Waals surface area (Å²) in [6, 6.07) is 10.4. The lowest BCUT2D eigenvalue weighted by Crippen LogP contribution is -2.31. The van der Waals surface area contributed by atoms with Crippen molar-refractivity contribution in [3.63, 3.8) is 0 Å². The number of ether oxygens (including phenoxy) is 1. The van der Waals surface area contributed by atoms with Gasteiger partial charge in [0, 0.05) is 26.7 Å². The molecule has 1 heterocycles. The van der Waals surface area contributed by atoms with Crippen molar-refractivity contribution in [1.29, 1.82) is 0 Å². The van der Waals surface area contributed by atoms with Crippen LogP contribution in [0.5, 0.6) is 0 Å². The van der Waals surface area contributed by atoms with Gasteiger partial charge in [-0.2, -0.15) is 4.98 Å². The smallest absolute Gasteiger partial charge is 0.240 e. The Labute approximate surface area is 131 Å². The maximum absolute atomic E-state index is 5.70. The van der Waals surface area contributed by atoms with E-state index in [1.165, 1.54) is 5.56 Å². The first-order valence-corrected chi connectivity index (χ1v) is 7.54. The summed E-state index contributed by atoms with van der Waals surface area (Å²) in [7, 11) is 1.63. The molecule has 1 aromatic heterocycles. The van der Waals surface area contributed by atoms with Crippen LogP contribution in [0.3, 0.4) is 0 Å². The quantitative estimate of drug-likeness (QED) is 0.761. The Kier molecular flexibility index (Phi) is 6.51. The minimum Gasteiger partial charge on any atom is -0.374 e. The van der Waals surface area contributed by atoms with Crippen molar-refractivity contribution < 1.29 is 9.26 Å². The van der Waals surface area contributed by atoms with Crippen molar-refractivity contribution in [2.24, 2.45) is 5.73 Å². The molecule has 22 heavy (non-hydrogen) atoms. The summed E-state index contributed by atoms with van der Waals surface area (Å²) in [5.74, 6) is 1.17. The molecule has 2 rings (SSSR count). The summed E-state index contributed by atoms with van der Waals surface area (Å²) >= 11 is 0. The number of rotatable bonds is 9. The Morgan fingerprint density at radius 2 is 2.05 bits per heavy atom. The lowest BCUT2D eigenvalue weighted by Gasteiger charge is -2.19. The molecule has 0 bridgehead atoms. The number of hydrogen-bond donors (Lipinski definition) is 1. The molecule has 0 saturated carbocycles. The molecule has 1 atom stereocenters. The Hall–Kier alpha value is -1.76. The first-order valence-electron chi connectivity index (χ1n) is 7.54. The molecular weight excluding hydrogens is 280 g/mol. The summed E-state index contributed by atoms with van der Waals surface area (Å²) in [5, 5.41) is 3.95. The molecule has 0 aliphatic heterocycles. The first kappa shape index (κ1) is 16.6. The van der Waals surface area contributed by atoms with Crippen LogP contribution < -0.4 is 5.73 Å². The van der Waals surface area contributed by atoms with Gasteiger partial charge in [-0.3, -0.25) is 4.90 Å². The molecule has 0 amide bonds. The van der Waals surface area contributed by atoms with Crippen LogP contribution in [0.15, 0.2) is 34.9 Å². The minimum absolute atomic E-state index is 0.162. The van der Waals surface area contributed by atoms with Crippen LogP contribution in [0, 0.1) is 0 Å². The van der Waals surface area contributed by atoms with Crippen LogP contribution in [-0.4, -0.2) is 41.8 Å². The van der Waals surface area contributed by atoms with Crippen molar-refractivity contribution in [3.8, 4) is 0 Å². The van der Waals surface area contributed by atoms with Gasteiger partial charge < -0.3 is 15.0 Å². The predicted molar refractivity (Wildman–Crippen MR) is 84.2 cm³/mol. The van der Waals surface area contributed by atoms with Crippen LogP contribution in [0.25, 0.3) is 0 Å². The molecule has 6 heteroatoms. The second-order valence-electron chi connectivity index (χ2n) is 5.22. The van der Waals surface area contributed by atoms with E-state index in [0.717, 1.165) is 19.5 Å². The summed E-state index contributed by atoms with van der Waals surface area (Å²) in [4.78, 5) is 6.60. The van der Waals surface area contributed by atoms with Gasteiger partial charge in [0.15, 0.2) is 5.82 Å². The van der Waals surface area contributed by atoms with Crippen LogP contribution in [0.4, 0.5) is 0 Å². The highest BCUT2D eigenvalue weighted by atomic mass is 16.5. The standard InChI is InChI=1S/C16H24N4O2/c1-13(21-2)16-18-15(22-19-16)12-20(11-9-17)10-8-14-6-4-3-5-7-14/h3-7,13H,8-12,17H2,1-2H3. The van der Waals surface area contributed by atoms with Crippen molar-refractivity contribution in [1.82, 2.24) is 15.0 Å². The second kappa shape index (κ2) is 8.63. The number of aromatic nitrogens is 2. The molecule has 2 N–H and O–H groups in total. The van der Waals surface area contributed by atoms with Gasteiger partial charge in [-0.15, -0.1) is 0 Å². The fraction of sp³-hybridized carbons (Fsp3) is 0.500. The van der Waals surface area contributed by atoms with Gasteiger partial charge in [-0.05, 0) is 18.9 Å². The third-order valence-electron chi connectivity index (χ3n) is 3.56. The summed E-state index contributed by atoms with van der Waals surface area (Å²) in [6.45, 7) is 4.79. The Morgan fingerprint density at radius 3 is 2.73 bits per heavy atom.